The van der Waals surface area contributed by atoms with E-state index in [9.17, 15) is 0 Å². The Labute approximate surface area is 183 Å². The van der Waals surface area contributed by atoms with Crippen LogP contribution in [-0.4, -0.2) is 38.8 Å². The van der Waals surface area contributed by atoms with Crippen LogP contribution in [0.5, 0.6) is 5.75 Å². The molecule has 0 unspecified atom stereocenters. The fourth-order valence-corrected chi connectivity index (χ4v) is 4.09. The zero-order chi connectivity index (χ0) is 22.0. The molecular formula is C23H33N7O. The van der Waals surface area contributed by atoms with Crippen molar-refractivity contribution < 1.29 is 4.74 Å². The highest BCUT2D eigenvalue weighted by atomic mass is 16.5. The van der Waals surface area contributed by atoms with Crippen molar-refractivity contribution in [3.05, 3.63) is 41.6 Å². The number of nitrogens with zero attached hydrogens (tertiary/aromatic N) is 4. The van der Waals surface area contributed by atoms with E-state index in [0.29, 0.717) is 29.9 Å². The van der Waals surface area contributed by atoms with Crippen LogP contribution in [0.1, 0.15) is 69.5 Å². The highest BCUT2D eigenvalue weighted by Crippen LogP contribution is 2.27. The van der Waals surface area contributed by atoms with Gasteiger partial charge in [0.05, 0.1) is 19.3 Å². The van der Waals surface area contributed by atoms with Crippen molar-refractivity contribution in [2.75, 3.05) is 17.7 Å². The molecule has 31 heavy (non-hydrogen) atoms. The molecule has 1 aromatic carbocycles. The number of ether oxygens (including phenoxy) is 1. The largest absolute Gasteiger partial charge is 0.497 e. The van der Waals surface area contributed by atoms with Crippen LogP contribution in [0.25, 0.3) is 5.65 Å². The SMILES string of the molecule is COc1cccc([C@H](C)Nc2nc(NC3CCC(N)CC3)nc3c(C(C)C)cnn23)c1. The van der Waals surface area contributed by atoms with Gasteiger partial charge in [-0.15, -0.1) is 0 Å². The van der Waals surface area contributed by atoms with Gasteiger partial charge in [-0.1, -0.05) is 26.0 Å². The monoisotopic (exact) mass is 423 g/mol. The van der Waals surface area contributed by atoms with Crippen molar-refractivity contribution in [1.29, 1.82) is 0 Å². The number of fused-ring (bicyclic) bond motifs is 1. The van der Waals surface area contributed by atoms with Gasteiger partial charge in [-0.3, -0.25) is 0 Å². The Kier molecular flexibility index (Phi) is 6.27. The Morgan fingerprint density at radius 3 is 2.61 bits per heavy atom. The third-order valence-corrected chi connectivity index (χ3v) is 6.06. The summed E-state index contributed by atoms with van der Waals surface area (Å²) in [5, 5.41) is 11.6. The number of nitrogens with two attached hydrogens (primary N) is 1. The van der Waals surface area contributed by atoms with Crippen molar-refractivity contribution in [3.8, 4) is 5.75 Å². The molecule has 0 radical (unpaired) electrons. The predicted molar refractivity (Wildman–Crippen MR) is 124 cm³/mol. The first-order valence-corrected chi connectivity index (χ1v) is 11.1. The predicted octanol–water partition coefficient (Wildman–Crippen LogP) is 4.11. The van der Waals surface area contributed by atoms with Crippen molar-refractivity contribution in [3.63, 3.8) is 0 Å². The topological polar surface area (TPSA) is 102 Å². The van der Waals surface area contributed by atoms with E-state index < -0.39 is 0 Å². The second kappa shape index (κ2) is 9.09. The second-order valence-corrected chi connectivity index (χ2v) is 8.76. The van der Waals surface area contributed by atoms with E-state index >= 15 is 0 Å². The van der Waals surface area contributed by atoms with Crippen LogP contribution in [0, 0.1) is 0 Å². The molecule has 0 spiro atoms. The summed E-state index contributed by atoms with van der Waals surface area (Å²) in [5.41, 5.74) is 9.12. The number of nitrogens with one attached hydrogen (secondary N) is 2. The van der Waals surface area contributed by atoms with Crippen molar-refractivity contribution in [1.82, 2.24) is 19.6 Å². The smallest absolute Gasteiger partial charge is 0.229 e. The van der Waals surface area contributed by atoms with Crippen LogP contribution >= 0.6 is 0 Å². The molecule has 8 nitrogen and oxygen atoms in total. The first-order chi connectivity index (χ1) is 14.9. The molecule has 1 aliphatic carbocycles. The number of methoxy groups -OCH3 is 1. The van der Waals surface area contributed by atoms with Gasteiger partial charge in [-0.05, 0) is 56.2 Å². The minimum absolute atomic E-state index is 0.0143. The molecule has 4 rings (SSSR count). The first-order valence-electron chi connectivity index (χ1n) is 11.1. The average molecular weight is 424 g/mol. The molecule has 1 saturated carbocycles. The summed E-state index contributed by atoms with van der Waals surface area (Å²) in [6.45, 7) is 6.41. The quantitative estimate of drug-likeness (QED) is 0.525. The lowest BCUT2D eigenvalue weighted by Crippen LogP contribution is -2.33. The highest BCUT2D eigenvalue weighted by Gasteiger charge is 2.21. The van der Waals surface area contributed by atoms with Gasteiger partial charge in [0, 0.05) is 17.6 Å². The van der Waals surface area contributed by atoms with E-state index in [4.69, 9.17) is 20.4 Å². The molecule has 1 aliphatic rings. The molecule has 166 valence electrons. The molecule has 0 amide bonds. The Balaban J connectivity index is 1.65. The Morgan fingerprint density at radius 2 is 1.90 bits per heavy atom. The van der Waals surface area contributed by atoms with E-state index in [2.05, 4.69) is 42.6 Å². The summed E-state index contributed by atoms with van der Waals surface area (Å²) in [7, 11) is 1.68. The van der Waals surface area contributed by atoms with Crippen LogP contribution in [0.2, 0.25) is 0 Å². The number of hydrogen-bond donors (Lipinski definition) is 3. The number of rotatable bonds is 7. The van der Waals surface area contributed by atoms with E-state index in [1.165, 1.54) is 0 Å². The van der Waals surface area contributed by atoms with Gasteiger partial charge in [0.25, 0.3) is 0 Å². The molecule has 4 N–H and O–H groups in total. The summed E-state index contributed by atoms with van der Waals surface area (Å²) < 4.78 is 7.18. The highest BCUT2D eigenvalue weighted by molar-refractivity contribution is 5.56. The summed E-state index contributed by atoms with van der Waals surface area (Å²) in [4.78, 5) is 9.62. The maximum Gasteiger partial charge on any atom is 0.229 e. The number of benzene rings is 1. The van der Waals surface area contributed by atoms with Gasteiger partial charge in [0.1, 0.15) is 5.75 Å². The molecule has 2 aromatic heterocycles. The summed E-state index contributed by atoms with van der Waals surface area (Å²) in [5.74, 6) is 2.45. The van der Waals surface area contributed by atoms with Crippen molar-refractivity contribution >= 4 is 17.5 Å². The van der Waals surface area contributed by atoms with Gasteiger partial charge in [0.2, 0.25) is 11.9 Å². The number of hydrogen-bond acceptors (Lipinski definition) is 7. The maximum atomic E-state index is 6.07. The Hall–Kier alpha value is -2.87. The zero-order valence-electron chi connectivity index (χ0n) is 18.8. The third kappa shape index (κ3) is 4.74. The van der Waals surface area contributed by atoms with Crippen LogP contribution < -0.4 is 21.1 Å². The Bertz CT molecular complexity index is 1020. The van der Waals surface area contributed by atoms with E-state index in [-0.39, 0.29) is 6.04 Å². The maximum absolute atomic E-state index is 6.07. The molecule has 8 heteroatoms. The van der Waals surface area contributed by atoms with Gasteiger partial charge in [-0.25, -0.2) is 0 Å². The first kappa shape index (κ1) is 21.4. The lowest BCUT2D eigenvalue weighted by molar-refractivity contribution is 0.410. The zero-order valence-corrected chi connectivity index (χ0v) is 18.8. The lowest BCUT2D eigenvalue weighted by atomic mass is 9.92. The minimum atomic E-state index is 0.0143. The van der Waals surface area contributed by atoms with Crippen LogP contribution in [0.4, 0.5) is 11.9 Å². The third-order valence-electron chi connectivity index (χ3n) is 6.06. The van der Waals surface area contributed by atoms with E-state index in [1.807, 2.05) is 24.4 Å². The van der Waals surface area contributed by atoms with Gasteiger partial charge in [-0.2, -0.15) is 19.6 Å². The molecule has 0 saturated heterocycles. The van der Waals surface area contributed by atoms with Crippen molar-refractivity contribution in [2.45, 2.75) is 70.5 Å². The number of aromatic nitrogens is 4. The van der Waals surface area contributed by atoms with E-state index in [1.54, 1.807) is 11.6 Å². The van der Waals surface area contributed by atoms with Gasteiger partial charge in [0.15, 0.2) is 5.65 Å². The molecule has 2 heterocycles. The van der Waals surface area contributed by atoms with Gasteiger partial charge < -0.3 is 21.1 Å². The van der Waals surface area contributed by atoms with Crippen molar-refractivity contribution in [2.24, 2.45) is 5.73 Å². The summed E-state index contributed by atoms with van der Waals surface area (Å²) in [6.07, 6.45) is 6.02. The fraction of sp³-hybridized carbons (Fsp3) is 0.522. The Morgan fingerprint density at radius 1 is 1.13 bits per heavy atom. The van der Waals surface area contributed by atoms with E-state index in [0.717, 1.165) is 48.2 Å². The van der Waals surface area contributed by atoms with Crippen LogP contribution in [0.15, 0.2) is 30.5 Å². The lowest BCUT2D eigenvalue weighted by Gasteiger charge is -2.27. The van der Waals surface area contributed by atoms with Crippen LogP contribution in [0.3, 0.4) is 0 Å². The molecule has 3 aromatic rings. The number of anilines is 2. The molecule has 0 aliphatic heterocycles. The normalized spacial score (nSPS) is 20.1. The summed E-state index contributed by atoms with van der Waals surface area (Å²) in [6, 6.07) is 8.71. The minimum Gasteiger partial charge on any atom is -0.497 e. The molecule has 0 bridgehead atoms. The molecule has 1 fully saturated rings. The standard InChI is InChI=1S/C23H33N7O/c1-14(2)20-13-25-30-21(20)28-22(27-18-10-8-17(24)9-11-18)29-23(30)26-15(3)16-6-5-7-19(12-16)31-4/h5-7,12-15,17-18H,8-11,24H2,1-4H3,(H2,26,27,28,29)/t15-,17?,18?/m0/s1. The van der Waals surface area contributed by atoms with Crippen LogP contribution in [-0.2, 0) is 0 Å². The fourth-order valence-electron chi connectivity index (χ4n) is 4.09. The second-order valence-electron chi connectivity index (χ2n) is 8.76. The summed E-state index contributed by atoms with van der Waals surface area (Å²) >= 11 is 0. The molecule has 1 atom stereocenters. The molecular weight excluding hydrogens is 390 g/mol. The average Bonchev–Trinajstić information content (AvgIpc) is 3.20. The van der Waals surface area contributed by atoms with Gasteiger partial charge >= 0.3 is 0 Å².